The lowest BCUT2D eigenvalue weighted by molar-refractivity contribution is -0.142. The topological polar surface area (TPSA) is 29.9 Å². The molecule has 23 heavy (non-hydrogen) atoms. The van der Waals surface area contributed by atoms with Crippen LogP contribution in [0.2, 0.25) is 10.0 Å². The summed E-state index contributed by atoms with van der Waals surface area (Å²) in [5.41, 5.74) is -0.163. The molecule has 2 heterocycles. The molecule has 0 saturated carbocycles. The maximum atomic E-state index is 13.4. The molecule has 0 bridgehead atoms. The van der Waals surface area contributed by atoms with Crippen LogP contribution in [0.15, 0.2) is 18.2 Å². The summed E-state index contributed by atoms with van der Waals surface area (Å²) in [6.07, 6.45) is -4.53. The molecule has 3 nitrogen and oxygen atoms in total. The van der Waals surface area contributed by atoms with E-state index in [1.54, 1.807) is 18.2 Å². The van der Waals surface area contributed by atoms with E-state index in [2.05, 4.69) is 10.4 Å². The molecule has 0 fully saturated rings. The SMILES string of the molecule is Cn1nc(C(F)(F)F)c2c1NCCSC2c1ccc(Cl)cc1Cl. The van der Waals surface area contributed by atoms with E-state index in [1.807, 2.05) is 0 Å². The molecule has 1 atom stereocenters. The molecule has 1 aliphatic rings. The number of aryl methyl sites for hydroxylation is 1. The molecule has 1 aromatic carbocycles. The van der Waals surface area contributed by atoms with Gasteiger partial charge < -0.3 is 5.32 Å². The first-order valence-corrected chi connectivity index (χ1v) is 8.54. The van der Waals surface area contributed by atoms with Gasteiger partial charge >= 0.3 is 6.18 Å². The maximum absolute atomic E-state index is 13.4. The molecule has 0 radical (unpaired) electrons. The summed E-state index contributed by atoms with van der Waals surface area (Å²) in [5, 5.41) is 6.93. The number of hydrogen-bond donors (Lipinski definition) is 1. The molecule has 9 heteroatoms. The smallest absolute Gasteiger partial charge is 0.369 e. The normalized spacial score (nSPS) is 18.3. The summed E-state index contributed by atoms with van der Waals surface area (Å²) in [5.74, 6) is 1.02. The third-order valence-electron chi connectivity index (χ3n) is 3.54. The van der Waals surface area contributed by atoms with Gasteiger partial charge in [0.2, 0.25) is 0 Å². The van der Waals surface area contributed by atoms with Crippen LogP contribution < -0.4 is 5.32 Å². The zero-order chi connectivity index (χ0) is 16.8. The minimum absolute atomic E-state index is 0.117. The first kappa shape index (κ1) is 16.8. The number of alkyl halides is 3. The van der Waals surface area contributed by atoms with Gasteiger partial charge in [-0.25, -0.2) is 0 Å². The molecular formula is C14H12Cl2F3N3S. The Morgan fingerprint density at radius 2 is 2.09 bits per heavy atom. The molecule has 1 aromatic heterocycles. The van der Waals surface area contributed by atoms with Gasteiger partial charge in [0.25, 0.3) is 0 Å². The fraction of sp³-hybridized carbons (Fsp3) is 0.357. The zero-order valence-electron chi connectivity index (χ0n) is 11.9. The van der Waals surface area contributed by atoms with Gasteiger partial charge in [-0.05, 0) is 17.7 Å². The van der Waals surface area contributed by atoms with Crippen molar-refractivity contribution >= 4 is 40.8 Å². The summed E-state index contributed by atoms with van der Waals surface area (Å²) < 4.78 is 41.5. The average Bonchev–Trinajstić information content (AvgIpc) is 2.65. The number of nitrogens with zero attached hydrogens (tertiary/aromatic N) is 2. The van der Waals surface area contributed by atoms with E-state index in [9.17, 15) is 13.2 Å². The van der Waals surface area contributed by atoms with Crippen LogP contribution in [0.3, 0.4) is 0 Å². The minimum atomic E-state index is -4.53. The van der Waals surface area contributed by atoms with Gasteiger partial charge in [-0.1, -0.05) is 29.3 Å². The molecule has 3 rings (SSSR count). The van der Waals surface area contributed by atoms with Gasteiger partial charge in [0, 0.05) is 35.0 Å². The Balaban J connectivity index is 2.21. The van der Waals surface area contributed by atoms with E-state index in [4.69, 9.17) is 23.2 Å². The Hall–Kier alpha value is -1.05. The number of rotatable bonds is 1. The standard InChI is InChI=1S/C14H12Cl2F3N3S/c1-22-13-10(12(21-22)14(17,18)19)11(23-5-4-20-13)8-3-2-7(15)6-9(8)16/h2-3,6,11,20H,4-5H2,1H3. The highest BCUT2D eigenvalue weighted by molar-refractivity contribution is 7.99. The third-order valence-corrected chi connectivity index (χ3v) is 5.36. The van der Waals surface area contributed by atoms with Gasteiger partial charge in [-0.3, -0.25) is 4.68 Å². The fourth-order valence-electron chi connectivity index (χ4n) is 2.60. The van der Waals surface area contributed by atoms with Crippen LogP contribution in [0.5, 0.6) is 0 Å². The summed E-state index contributed by atoms with van der Waals surface area (Å²) in [6, 6.07) is 4.84. The first-order chi connectivity index (χ1) is 10.8. The van der Waals surface area contributed by atoms with E-state index in [0.29, 0.717) is 33.7 Å². The predicted octanol–water partition coefficient (Wildman–Crippen LogP) is 4.99. The van der Waals surface area contributed by atoms with Gasteiger partial charge in [0.15, 0.2) is 5.69 Å². The minimum Gasteiger partial charge on any atom is -0.369 e. The summed E-state index contributed by atoms with van der Waals surface area (Å²) in [7, 11) is 1.50. The largest absolute Gasteiger partial charge is 0.435 e. The number of thioether (sulfide) groups is 1. The van der Waals surface area contributed by atoms with Gasteiger partial charge in [0.1, 0.15) is 5.82 Å². The van der Waals surface area contributed by atoms with Crippen molar-refractivity contribution in [1.82, 2.24) is 9.78 Å². The van der Waals surface area contributed by atoms with Crippen LogP contribution >= 0.6 is 35.0 Å². The Morgan fingerprint density at radius 3 is 2.74 bits per heavy atom. The maximum Gasteiger partial charge on any atom is 0.435 e. The van der Waals surface area contributed by atoms with Crippen LogP contribution in [-0.4, -0.2) is 22.1 Å². The Kier molecular flexibility index (Phi) is 4.46. The van der Waals surface area contributed by atoms with Crippen molar-refractivity contribution in [2.75, 3.05) is 17.6 Å². The number of nitrogens with one attached hydrogen (secondary N) is 1. The van der Waals surface area contributed by atoms with E-state index in [0.717, 1.165) is 0 Å². The third kappa shape index (κ3) is 3.14. The molecule has 1 aliphatic heterocycles. The lowest BCUT2D eigenvalue weighted by atomic mass is 10.0. The van der Waals surface area contributed by atoms with E-state index in [1.165, 1.54) is 23.5 Å². The quantitative estimate of drug-likeness (QED) is 0.754. The molecule has 1 unspecified atom stereocenters. The van der Waals surface area contributed by atoms with Crippen LogP contribution in [-0.2, 0) is 13.2 Å². The molecule has 2 aromatic rings. The van der Waals surface area contributed by atoms with Crippen LogP contribution in [0.4, 0.5) is 19.0 Å². The highest BCUT2D eigenvalue weighted by atomic mass is 35.5. The number of anilines is 1. The summed E-state index contributed by atoms with van der Waals surface area (Å²) >= 11 is 13.5. The van der Waals surface area contributed by atoms with Crippen molar-refractivity contribution in [3.63, 3.8) is 0 Å². The number of halogens is 5. The molecule has 0 amide bonds. The molecule has 0 aliphatic carbocycles. The van der Waals surface area contributed by atoms with Crippen LogP contribution in [0.1, 0.15) is 22.1 Å². The highest BCUT2D eigenvalue weighted by Crippen LogP contribution is 2.48. The second-order valence-electron chi connectivity index (χ2n) is 5.08. The predicted molar refractivity (Wildman–Crippen MR) is 87.5 cm³/mol. The number of benzene rings is 1. The Bertz CT molecular complexity index is 746. The number of fused-ring (bicyclic) bond motifs is 1. The molecule has 0 spiro atoms. The van der Waals surface area contributed by atoms with Gasteiger partial charge in [0.05, 0.1) is 5.25 Å². The van der Waals surface area contributed by atoms with Gasteiger partial charge in [-0.2, -0.15) is 18.3 Å². The lowest BCUT2D eigenvalue weighted by Crippen LogP contribution is -2.11. The van der Waals surface area contributed by atoms with E-state index < -0.39 is 17.1 Å². The highest BCUT2D eigenvalue weighted by Gasteiger charge is 2.42. The van der Waals surface area contributed by atoms with Crippen LogP contribution in [0.25, 0.3) is 0 Å². The second-order valence-corrected chi connectivity index (χ2v) is 7.13. The Labute approximate surface area is 145 Å². The molecule has 0 saturated heterocycles. The monoisotopic (exact) mass is 381 g/mol. The average molecular weight is 382 g/mol. The second kappa shape index (κ2) is 6.11. The summed E-state index contributed by atoms with van der Waals surface area (Å²) in [6.45, 7) is 0.552. The molecule has 1 N–H and O–H groups in total. The zero-order valence-corrected chi connectivity index (χ0v) is 14.2. The van der Waals surface area contributed by atoms with Crippen molar-refractivity contribution in [1.29, 1.82) is 0 Å². The van der Waals surface area contributed by atoms with Crippen molar-refractivity contribution in [2.45, 2.75) is 11.4 Å². The number of aromatic nitrogens is 2. The first-order valence-electron chi connectivity index (χ1n) is 6.73. The van der Waals surface area contributed by atoms with Crippen molar-refractivity contribution in [2.24, 2.45) is 7.05 Å². The fourth-order valence-corrected chi connectivity index (χ4v) is 4.41. The summed E-state index contributed by atoms with van der Waals surface area (Å²) in [4.78, 5) is 0. The molecular weight excluding hydrogens is 370 g/mol. The number of hydrogen-bond acceptors (Lipinski definition) is 3. The van der Waals surface area contributed by atoms with Crippen molar-refractivity contribution in [3.05, 3.63) is 45.1 Å². The lowest BCUT2D eigenvalue weighted by Gasteiger charge is -2.18. The van der Waals surface area contributed by atoms with E-state index >= 15 is 0 Å². The van der Waals surface area contributed by atoms with Gasteiger partial charge in [-0.15, -0.1) is 11.8 Å². The van der Waals surface area contributed by atoms with Crippen LogP contribution in [0, 0.1) is 0 Å². The molecule has 124 valence electrons. The van der Waals surface area contributed by atoms with Crippen molar-refractivity contribution in [3.8, 4) is 0 Å². The van der Waals surface area contributed by atoms with Crippen molar-refractivity contribution < 1.29 is 13.2 Å². The Morgan fingerprint density at radius 1 is 1.35 bits per heavy atom. The van der Waals surface area contributed by atoms with E-state index in [-0.39, 0.29) is 5.56 Å².